The Labute approximate surface area is 87.6 Å². The summed E-state index contributed by atoms with van der Waals surface area (Å²) in [5.41, 5.74) is 2.85. The van der Waals surface area contributed by atoms with Crippen molar-refractivity contribution in [2.75, 3.05) is 7.05 Å². The van der Waals surface area contributed by atoms with Crippen molar-refractivity contribution in [2.45, 2.75) is 33.6 Å². The van der Waals surface area contributed by atoms with Crippen LogP contribution in [-0.4, -0.2) is 7.05 Å². The molecule has 1 N–H and O–H groups in total. The largest absolute Gasteiger partial charge is 0.388 e. The lowest BCUT2D eigenvalue weighted by molar-refractivity contribution is 0.515. The van der Waals surface area contributed by atoms with E-state index in [2.05, 4.69) is 50.4 Å². The minimum atomic E-state index is 0.226. The minimum absolute atomic E-state index is 0.226. The second kappa shape index (κ2) is 4.50. The predicted molar refractivity (Wildman–Crippen MR) is 63.1 cm³/mol. The van der Waals surface area contributed by atoms with Crippen molar-refractivity contribution >= 4 is 0 Å². The van der Waals surface area contributed by atoms with Crippen LogP contribution in [-0.2, 0) is 0 Å². The van der Waals surface area contributed by atoms with Crippen LogP contribution in [0.4, 0.5) is 0 Å². The molecule has 0 bridgehead atoms. The molecule has 0 unspecified atom stereocenters. The number of hydrogen-bond acceptors (Lipinski definition) is 1. The van der Waals surface area contributed by atoms with Crippen LogP contribution in [0.5, 0.6) is 0 Å². The molecule has 1 rings (SSSR count). The Morgan fingerprint density at radius 2 is 1.93 bits per heavy atom. The molecule has 1 aliphatic rings. The van der Waals surface area contributed by atoms with Crippen LogP contribution in [0.25, 0.3) is 0 Å². The van der Waals surface area contributed by atoms with Crippen LogP contribution in [0.2, 0.25) is 0 Å². The Balaban J connectivity index is 2.99. The molecule has 0 heterocycles. The van der Waals surface area contributed by atoms with Gasteiger partial charge in [-0.1, -0.05) is 39.0 Å². The summed E-state index contributed by atoms with van der Waals surface area (Å²) in [5, 5.41) is 3.22. The van der Waals surface area contributed by atoms with Crippen molar-refractivity contribution in [3.63, 3.8) is 0 Å². The van der Waals surface area contributed by atoms with Gasteiger partial charge in [0.1, 0.15) is 0 Å². The number of rotatable bonds is 1. The van der Waals surface area contributed by atoms with Crippen molar-refractivity contribution in [2.24, 2.45) is 5.41 Å². The molecule has 0 aromatic heterocycles. The second-order valence-corrected chi connectivity index (χ2v) is 4.74. The van der Waals surface area contributed by atoms with Gasteiger partial charge in [-0.15, -0.1) is 0 Å². The summed E-state index contributed by atoms with van der Waals surface area (Å²) in [5.74, 6) is 0. The van der Waals surface area contributed by atoms with Crippen LogP contribution < -0.4 is 5.32 Å². The van der Waals surface area contributed by atoms with E-state index in [0.717, 1.165) is 12.8 Å². The van der Waals surface area contributed by atoms with Crippen LogP contribution >= 0.6 is 0 Å². The molecular weight excluding hydrogens is 170 g/mol. The quantitative estimate of drug-likeness (QED) is 0.669. The van der Waals surface area contributed by atoms with E-state index in [1.54, 1.807) is 0 Å². The lowest BCUT2D eigenvalue weighted by Crippen LogP contribution is -2.11. The summed E-state index contributed by atoms with van der Waals surface area (Å²) in [6, 6.07) is 0. The SMILES string of the molecule is CNC1=C/CC/C=C/C(C(C)(C)C)=C\1. The molecule has 78 valence electrons. The average Bonchev–Trinajstić information content (AvgIpc) is 2.01. The molecule has 0 atom stereocenters. The molecule has 1 nitrogen and oxygen atoms in total. The van der Waals surface area contributed by atoms with E-state index in [4.69, 9.17) is 0 Å². The molecule has 0 fully saturated rings. The Hall–Kier alpha value is -0.980. The highest BCUT2D eigenvalue weighted by atomic mass is 14.8. The topological polar surface area (TPSA) is 12.0 Å². The fourth-order valence-corrected chi connectivity index (χ4v) is 1.46. The molecule has 0 radical (unpaired) electrons. The molecule has 0 spiro atoms. The van der Waals surface area contributed by atoms with Gasteiger partial charge < -0.3 is 5.32 Å². The molecule has 0 saturated carbocycles. The summed E-state index contributed by atoms with van der Waals surface area (Å²) < 4.78 is 0. The van der Waals surface area contributed by atoms with Gasteiger partial charge in [-0.2, -0.15) is 0 Å². The molecule has 0 aliphatic heterocycles. The standard InChI is InChI=1S/C13H21N/c1-13(2,3)11-8-6-5-7-9-12(10-11)14-4/h6,8-10,14H,5,7H2,1-4H3/b8-6+,11-10+,12-9+. The van der Waals surface area contributed by atoms with E-state index in [1.165, 1.54) is 11.3 Å². The summed E-state index contributed by atoms with van der Waals surface area (Å²) in [7, 11) is 1.98. The van der Waals surface area contributed by atoms with Crippen molar-refractivity contribution in [3.8, 4) is 0 Å². The van der Waals surface area contributed by atoms with E-state index in [-0.39, 0.29) is 5.41 Å². The first-order valence-electron chi connectivity index (χ1n) is 5.30. The lowest BCUT2D eigenvalue weighted by atomic mass is 9.85. The van der Waals surface area contributed by atoms with Crippen LogP contribution in [0.15, 0.2) is 35.6 Å². The maximum absolute atomic E-state index is 3.22. The predicted octanol–water partition coefficient (Wildman–Crippen LogP) is 3.41. The van der Waals surface area contributed by atoms with Gasteiger partial charge in [-0.25, -0.2) is 0 Å². The zero-order valence-electron chi connectivity index (χ0n) is 9.72. The molecule has 0 saturated heterocycles. The Kier molecular flexibility index (Phi) is 3.56. The Morgan fingerprint density at radius 3 is 2.50 bits per heavy atom. The third-order valence-corrected chi connectivity index (χ3v) is 2.46. The van der Waals surface area contributed by atoms with Crippen molar-refractivity contribution < 1.29 is 0 Å². The van der Waals surface area contributed by atoms with Gasteiger partial charge >= 0.3 is 0 Å². The van der Waals surface area contributed by atoms with E-state index >= 15 is 0 Å². The number of hydrogen-bond donors (Lipinski definition) is 1. The lowest BCUT2D eigenvalue weighted by Gasteiger charge is -2.22. The van der Waals surface area contributed by atoms with E-state index in [1.807, 2.05) is 7.05 Å². The Morgan fingerprint density at radius 1 is 1.21 bits per heavy atom. The van der Waals surface area contributed by atoms with Gasteiger partial charge in [0, 0.05) is 12.7 Å². The summed E-state index contributed by atoms with van der Waals surface area (Å²) in [6.45, 7) is 6.74. The first kappa shape index (κ1) is 11.1. The summed E-state index contributed by atoms with van der Waals surface area (Å²) >= 11 is 0. The second-order valence-electron chi connectivity index (χ2n) is 4.74. The smallest absolute Gasteiger partial charge is 0.0300 e. The number of nitrogens with one attached hydrogen (secondary N) is 1. The monoisotopic (exact) mass is 191 g/mol. The molecule has 1 aliphatic carbocycles. The zero-order valence-corrected chi connectivity index (χ0v) is 9.72. The number of likely N-dealkylation sites (N-methyl/N-ethyl adjacent to an activating group) is 1. The summed E-state index contributed by atoms with van der Waals surface area (Å²) in [6.07, 6.45) is 11.3. The molecule has 1 heteroatoms. The maximum atomic E-state index is 3.22. The highest BCUT2D eigenvalue weighted by molar-refractivity contribution is 5.34. The van der Waals surface area contributed by atoms with Gasteiger partial charge in [0.15, 0.2) is 0 Å². The average molecular weight is 191 g/mol. The van der Waals surface area contributed by atoms with Gasteiger partial charge in [-0.05, 0) is 29.9 Å². The molecule has 14 heavy (non-hydrogen) atoms. The van der Waals surface area contributed by atoms with Crippen LogP contribution in [0.3, 0.4) is 0 Å². The van der Waals surface area contributed by atoms with Crippen molar-refractivity contribution in [1.82, 2.24) is 5.32 Å². The molecular formula is C13H21N. The third kappa shape index (κ3) is 3.06. The zero-order chi connectivity index (χ0) is 10.6. The van der Waals surface area contributed by atoms with Gasteiger partial charge in [0.05, 0.1) is 0 Å². The third-order valence-electron chi connectivity index (χ3n) is 2.46. The van der Waals surface area contributed by atoms with Gasteiger partial charge in [0.25, 0.3) is 0 Å². The number of allylic oxidation sites excluding steroid dienone is 5. The summed E-state index contributed by atoms with van der Waals surface area (Å²) in [4.78, 5) is 0. The maximum Gasteiger partial charge on any atom is 0.0300 e. The van der Waals surface area contributed by atoms with Gasteiger partial charge in [0.2, 0.25) is 0 Å². The first-order chi connectivity index (χ1) is 6.54. The van der Waals surface area contributed by atoms with Crippen LogP contribution in [0, 0.1) is 5.41 Å². The van der Waals surface area contributed by atoms with Crippen molar-refractivity contribution in [3.05, 3.63) is 35.6 Å². The van der Waals surface area contributed by atoms with E-state index in [9.17, 15) is 0 Å². The van der Waals surface area contributed by atoms with Crippen molar-refractivity contribution in [1.29, 1.82) is 0 Å². The minimum Gasteiger partial charge on any atom is -0.388 e. The van der Waals surface area contributed by atoms with Gasteiger partial charge in [-0.3, -0.25) is 0 Å². The molecule has 0 amide bonds. The fourth-order valence-electron chi connectivity index (χ4n) is 1.46. The normalized spacial score (nSPS) is 27.7. The fraction of sp³-hybridized carbons (Fsp3) is 0.538. The highest BCUT2D eigenvalue weighted by Crippen LogP contribution is 2.28. The molecule has 0 aromatic carbocycles. The van der Waals surface area contributed by atoms with E-state index in [0.29, 0.717) is 0 Å². The molecule has 0 aromatic rings. The Bertz CT molecular complexity index is 274. The van der Waals surface area contributed by atoms with Crippen LogP contribution in [0.1, 0.15) is 33.6 Å². The first-order valence-corrected chi connectivity index (χ1v) is 5.30. The van der Waals surface area contributed by atoms with E-state index < -0.39 is 0 Å². The highest BCUT2D eigenvalue weighted by Gasteiger charge is 2.15.